The van der Waals surface area contributed by atoms with Gasteiger partial charge in [0.05, 0.1) is 10.3 Å². The van der Waals surface area contributed by atoms with Gasteiger partial charge in [-0.3, -0.25) is 4.79 Å². The van der Waals surface area contributed by atoms with E-state index in [-0.39, 0.29) is 11.4 Å². The van der Waals surface area contributed by atoms with Crippen LogP contribution in [0.2, 0.25) is 0 Å². The van der Waals surface area contributed by atoms with Crippen molar-refractivity contribution in [2.75, 3.05) is 6.54 Å². The number of carboxylic acids is 1. The van der Waals surface area contributed by atoms with Gasteiger partial charge in [-0.1, -0.05) is 13.0 Å². The molecule has 0 saturated heterocycles. The van der Waals surface area contributed by atoms with E-state index in [1.807, 2.05) is 6.92 Å². The highest BCUT2D eigenvalue weighted by Gasteiger charge is 2.33. The summed E-state index contributed by atoms with van der Waals surface area (Å²) in [6, 6.07) is 4.88. The van der Waals surface area contributed by atoms with Crippen molar-refractivity contribution in [3.8, 4) is 0 Å². The number of halogens is 1. The molecule has 1 aromatic rings. The number of hydrogen-bond acceptors (Lipinski definition) is 3. The van der Waals surface area contributed by atoms with Gasteiger partial charge in [0.25, 0.3) is 0 Å². The largest absolute Gasteiger partial charge is 0.481 e. The highest BCUT2D eigenvalue weighted by molar-refractivity contribution is 9.10. The molecule has 1 unspecified atom stereocenters. The zero-order chi connectivity index (χ0) is 15.6. The fraction of sp³-hybridized carbons (Fsp3) is 0.462. The third-order valence-electron chi connectivity index (χ3n) is 3.33. The van der Waals surface area contributed by atoms with Crippen LogP contribution in [0.1, 0.15) is 25.8 Å². The first-order valence-electron chi connectivity index (χ1n) is 6.11. The molecule has 0 heterocycles. The molecule has 1 rings (SSSR count). The molecule has 0 radical (unpaired) electrons. The second-order valence-electron chi connectivity index (χ2n) is 4.98. The summed E-state index contributed by atoms with van der Waals surface area (Å²) in [6.45, 7) is 4.93. The fourth-order valence-corrected chi connectivity index (χ4v) is 3.87. The number of nitrogens with one attached hydrogen (secondary N) is 1. The van der Waals surface area contributed by atoms with Crippen molar-refractivity contribution >= 4 is 31.9 Å². The number of aliphatic carboxylic acids is 1. The summed E-state index contributed by atoms with van der Waals surface area (Å²) >= 11 is 3.21. The van der Waals surface area contributed by atoms with Gasteiger partial charge in [0, 0.05) is 11.0 Å². The molecule has 0 saturated carbocycles. The van der Waals surface area contributed by atoms with E-state index >= 15 is 0 Å². The number of carboxylic acid groups (broad SMARTS) is 1. The third-order valence-corrected chi connectivity index (χ3v) is 5.70. The van der Waals surface area contributed by atoms with Crippen LogP contribution in [0, 0.1) is 12.3 Å². The summed E-state index contributed by atoms with van der Waals surface area (Å²) in [4.78, 5) is 11.3. The maximum absolute atomic E-state index is 12.2. The first-order valence-corrected chi connectivity index (χ1v) is 8.39. The van der Waals surface area contributed by atoms with Gasteiger partial charge in [-0.15, -0.1) is 0 Å². The van der Waals surface area contributed by atoms with Crippen LogP contribution in [0.5, 0.6) is 0 Å². The van der Waals surface area contributed by atoms with E-state index < -0.39 is 21.4 Å². The van der Waals surface area contributed by atoms with Crippen molar-refractivity contribution in [1.29, 1.82) is 0 Å². The first-order chi connectivity index (χ1) is 9.12. The summed E-state index contributed by atoms with van der Waals surface area (Å²) in [6.07, 6.45) is 0.333. The Labute approximate surface area is 127 Å². The number of rotatable bonds is 6. The lowest BCUT2D eigenvalue weighted by atomic mass is 9.88. The summed E-state index contributed by atoms with van der Waals surface area (Å²) in [5.74, 6) is -1.02. The molecule has 2 N–H and O–H groups in total. The fourth-order valence-electron chi connectivity index (χ4n) is 1.51. The van der Waals surface area contributed by atoms with Gasteiger partial charge < -0.3 is 5.11 Å². The lowest BCUT2D eigenvalue weighted by Gasteiger charge is -2.23. The molecule has 0 aliphatic heterocycles. The Morgan fingerprint density at radius 3 is 2.50 bits per heavy atom. The van der Waals surface area contributed by atoms with Crippen LogP contribution < -0.4 is 4.72 Å². The second-order valence-corrected chi connectivity index (χ2v) is 7.57. The quantitative estimate of drug-likeness (QED) is 0.813. The van der Waals surface area contributed by atoms with E-state index in [1.165, 1.54) is 13.0 Å². The van der Waals surface area contributed by atoms with Crippen LogP contribution in [0.4, 0.5) is 0 Å². The van der Waals surface area contributed by atoms with Gasteiger partial charge in [-0.2, -0.15) is 0 Å². The molecule has 1 aromatic carbocycles. The zero-order valence-electron chi connectivity index (χ0n) is 11.6. The van der Waals surface area contributed by atoms with E-state index in [2.05, 4.69) is 20.7 Å². The number of aryl methyl sites for hydroxylation is 1. The standard InChI is InChI=1S/C13H18BrNO4S/c1-4-13(3,12(16)17)8-15-20(18,19)11-6-5-9(2)7-10(11)14/h5-7,15H,4,8H2,1-3H3,(H,16,17). The SMILES string of the molecule is CCC(C)(CNS(=O)(=O)c1ccc(C)cc1Br)C(=O)O. The average Bonchev–Trinajstić information content (AvgIpc) is 2.35. The van der Waals surface area contributed by atoms with Crippen molar-refractivity contribution in [3.63, 3.8) is 0 Å². The van der Waals surface area contributed by atoms with Crippen LogP contribution in [-0.2, 0) is 14.8 Å². The number of hydrogen-bond donors (Lipinski definition) is 2. The minimum absolute atomic E-state index is 0.104. The first kappa shape index (κ1) is 17.1. The molecule has 7 heteroatoms. The van der Waals surface area contributed by atoms with E-state index in [1.54, 1.807) is 19.1 Å². The molecule has 0 amide bonds. The van der Waals surface area contributed by atoms with Gasteiger partial charge in [-0.25, -0.2) is 13.1 Å². The van der Waals surface area contributed by atoms with Crippen LogP contribution in [0.25, 0.3) is 0 Å². The molecule has 1 atom stereocenters. The van der Waals surface area contributed by atoms with Crippen LogP contribution in [-0.4, -0.2) is 26.0 Å². The predicted octanol–water partition coefficient (Wildman–Crippen LogP) is 2.54. The second kappa shape index (κ2) is 6.24. The molecule has 0 aromatic heterocycles. The maximum atomic E-state index is 12.2. The van der Waals surface area contributed by atoms with Crippen LogP contribution in [0.3, 0.4) is 0 Å². The number of benzene rings is 1. The molecule has 0 spiro atoms. The molecular weight excluding hydrogens is 346 g/mol. The summed E-state index contributed by atoms with van der Waals surface area (Å²) in [5.41, 5.74) is -0.190. The minimum Gasteiger partial charge on any atom is -0.481 e. The van der Waals surface area contributed by atoms with Crippen LogP contribution in [0.15, 0.2) is 27.6 Å². The molecular formula is C13H18BrNO4S. The monoisotopic (exact) mass is 363 g/mol. The Morgan fingerprint density at radius 2 is 2.05 bits per heavy atom. The Morgan fingerprint density at radius 1 is 1.45 bits per heavy atom. The normalized spacial score (nSPS) is 14.8. The molecule has 112 valence electrons. The minimum atomic E-state index is -3.74. The molecule has 20 heavy (non-hydrogen) atoms. The smallest absolute Gasteiger partial charge is 0.310 e. The summed E-state index contributed by atoms with van der Waals surface area (Å²) in [5, 5.41) is 9.15. The predicted molar refractivity (Wildman–Crippen MR) is 80.1 cm³/mol. The lowest BCUT2D eigenvalue weighted by Crippen LogP contribution is -2.40. The Kier molecular flexibility index (Phi) is 5.34. The summed E-state index contributed by atoms with van der Waals surface area (Å²) < 4.78 is 27.3. The van der Waals surface area contributed by atoms with E-state index in [0.717, 1.165) is 5.56 Å². The molecule has 0 aliphatic carbocycles. The van der Waals surface area contributed by atoms with Crippen LogP contribution >= 0.6 is 15.9 Å². The van der Waals surface area contributed by atoms with Crippen molar-refractivity contribution in [3.05, 3.63) is 28.2 Å². The Bertz CT molecular complexity index is 615. The zero-order valence-corrected chi connectivity index (χ0v) is 14.0. The highest BCUT2D eigenvalue weighted by atomic mass is 79.9. The van der Waals surface area contributed by atoms with Gasteiger partial charge in [0.15, 0.2) is 0 Å². The topological polar surface area (TPSA) is 83.5 Å². The third kappa shape index (κ3) is 3.80. The van der Waals surface area contributed by atoms with E-state index in [9.17, 15) is 13.2 Å². The number of carbonyl (C=O) groups is 1. The van der Waals surface area contributed by atoms with Crippen molar-refractivity contribution < 1.29 is 18.3 Å². The maximum Gasteiger partial charge on any atom is 0.310 e. The van der Waals surface area contributed by atoms with E-state index in [0.29, 0.717) is 10.9 Å². The molecule has 0 fully saturated rings. The van der Waals surface area contributed by atoms with Gasteiger partial charge in [-0.05, 0) is 53.9 Å². The number of sulfonamides is 1. The van der Waals surface area contributed by atoms with Crippen molar-refractivity contribution in [2.45, 2.75) is 32.1 Å². The average molecular weight is 364 g/mol. The van der Waals surface area contributed by atoms with E-state index in [4.69, 9.17) is 5.11 Å². The lowest BCUT2D eigenvalue weighted by molar-refractivity contribution is -0.147. The van der Waals surface area contributed by atoms with Gasteiger partial charge in [0.2, 0.25) is 10.0 Å². The highest BCUT2D eigenvalue weighted by Crippen LogP contribution is 2.25. The van der Waals surface area contributed by atoms with Crippen molar-refractivity contribution in [2.24, 2.45) is 5.41 Å². The Hall–Kier alpha value is -0.920. The summed E-state index contributed by atoms with van der Waals surface area (Å²) in [7, 11) is -3.74. The molecule has 0 bridgehead atoms. The molecule has 0 aliphatic rings. The Balaban J connectivity index is 2.99. The van der Waals surface area contributed by atoms with Gasteiger partial charge >= 0.3 is 5.97 Å². The molecule has 5 nitrogen and oxygen atoms in total. The van der Waals surface area contributed by atoms with Gasteiger partial charge in [0.1, 0.15) is 0 Å². The van der Waals surface area contributed by atoms with Crippen molar-refractivity contribution in [1.82, 2.24) is 4.72 Å².